The number of nitrogens with zero attached hydrogens (tertiary/aromatic N) is 6. The summed E-state index contributed by atoms with van der Waals surface area (Å²) in [5, 5.41) is 0.862. The Balaban J connectivity index is 1.23. The lowest BCUT2D eigenvalue weighted by molar-refractivity contribution is -0.0793. The number of piperazine rings is 1. The summed E-state index contributed by atoms with van der Waals surface area (Å²) in [6.07, 6.45) is 2.54. The number of rotatable bonds is 7. The topological polar surface area (TPSA) is 83.8 Å². The van der Waals surface area contributed by atoms with Crippen LogP contribution in [0.25, 0.3) is 22.3 Å². The van der Waals surface area contributed by atoms with Gasteiger partial charge in [0.1, 0.15) is 5.82 Å². The Labute approximate surface area is 301 Å². The van der Waals surface area contributed by atoms with E-state index in [0.717, 1.165) is 85.9 Å². The second-order valence-corrected chi connectivity index (χ2v) is 16.8. The minimum Gasteiger partial charge on any atom is -0.378 e. The summed E-state index contributed by atoms with van der Waals surface area (Å²) >= 11 is 0. The quantitative estimate of drug-likeness (QED) is 0.182. The third-order valence-electron chi connectivity index (χ3n) is 11.2. The van der Waals surface area contributed by atoms with Gasteiger partial charge in [-0.15, -0.1) is 0 Å². The number of hydrogen-bond acceptors (Lipinski definition) is 8. The molecular formula is C41H48N6O3S. The number of benzene rings is 3. The fraction of sp³-hybridized carbons (Fsp3) is 0.415. The summed E-state index contributed by atoms with van der Waals surface area (Å²) in [4.78, 5) is 18.6. The molecule has 0 saturated carbocycles. The SMILES string of the molecule is Cc1ccc(S(=O)(=O)n2cc(C)c3c(-c4nc5c(c(N6CCN(C7COC7)C(C)C6)n4)CN(c4cc(C(C)C)ccc4C)CC5)cccc32)cc1. The predicted molar refractivity (Wildman–Crippen MR) is 204 cm³/mol. The fourth-order valence-corrected chi connectivity index (χ4v) is 9.50. The minimum atomic E-state index is -3.81. The van der Waals surface area contributed by atoms with E-state index >= 15 is 0 Å². The van der Waals surface area contributed by atoms with Gasteiger partial charge in [-0.1, -0.05) is 55.8 Å². The third-order valence-corrected chi connectivity index (χ3v) is 12.8. The van der Waals surface area contributed by atoms with Gasteiger partial charge in [0, 0.05) is 73.6 Å². The van der Waals surface area contributed by atoms with Gasteiger partial charge in [-0.2, -0.15) is 0 Å². The Hall–Kier alpha value is -4.25. The van der Waals surface area contributed by atoms with Gasteiger partial charge < -0.3 is 14.5 Å². The molecule has 266 valence electrons. The molecule has 9 nitrogen and oxygen atoms in total. The van der Waals surface area contributed by atoms with E-state index in [4.69, 9.17) is 14.7 Å². The third kappa shape index (κ3) is 6.01. The lowest BCUT2D eigenvalue weighted by Gasteiger charge is -2.47. The van der Waals surface area contributed by atoms with Gasteiger partial charge in [0.25, 0.3) is 10.0 Å². The smallest absolute Gasteiger partial charge is 0.268 e. The predicted octanol–water partition coefficient (Wildman–Crippen LogP) is 6.86. The van der Waals surface area contributed by atoms with E-state index in [1.165, 1.54) is 26.4 Å². The van der Waals surface area contributed by atoms with E-state index in [1.54, 1.807) is 18.3 Å². The molecule has 3 aromatic carbocycles. The number of aryl methyl sites for hydroxylation is 3. The molecule has 3 aliphatic rings. The zero-order valence-corrected chi connectivity index (χ0v) is 31.4. The van der Waals surface area contributed by atoms with Crippen molar-refractivity contribution >= 4 is 32.4 Å². The maximum Gasteiger partial charge on any atom is 0.268 e. The summed E-state index contributed by atoms with van der Waals surface area (Å²) in [5.74, 6) is 2.10. The molecule has 0 N–H and O–H groups in total. The van der Waals surface area contributed by atoms with Crippen LogP contribution in [-0.2, 0) is 27.7 Å². The standard InChI is InChI=1S/C41H48N6O3S/c1-26(2)31-13-12-28(4)38(20-31)44-17-16-36-35(23-44)41(45-18-19-46(30(6)22-45)32-24-50-25-32)43-40(42-36)34-8-7-9-37-39(34)29(5)21-47(37)51(48,49)33-14-10-27(3)11-15-33/h7-15,20-21,26,30,32H,16-19,22-25H2,1-6H3. The monoisotopic (exact) mass is 704 g/mol. The number of anilines is 2. The molecular weight excluding hydrogens is 657 g/mol. The van der Waals surface area contributed by atoms with Crippen molar-refractivity contribution < 1.29 is 13.2 Å². The molecule has 51 heavy (non-hydrogen) atoms. The summed E-state index contributed by atoms with van der Waals surface area (Å²) < 4.78 is 34.9. The molecule has 10 heteroatoms. The van der Waals surface area contributed by atoms with Gasteiger partial charge in [-0.3, -0.25) is 4.90 Å². The molecule has 0 amide bonds. The van der Waals surface area contributed by atoms with Crippen LogP contribution in [0.1, 0.15) is 60.2 Å². The van der Waals surface area contributed by atoms with Crippen LogP contribution in [0.2, 0.25) is 0 Å². The largest absolute Gasteiger partial charge is 0.378 e. The molecule has 1 unspecified atom stereocenters. The molecule has 0 aliphatic carbocycles. The van der Waals surface area contributed by atoms with E-state index in [9.17, 15) is 8.42 Å². The molecule has 5 heterocycles. The molecule has 1 atom stereocenters. The zero-order valence-electron chi connectivity index (χ0n) is 30.6. The molecule has 0 bridgehead atoms. The highest BCUT2D eigenvalue weighted by Gasteiger charge is 2.36. The van der Waals surface area contributed by atoms with Crippen LogP contribution in [-0.4, -0.2) is 78.7 Å². The van der Waals surface area contributed by atoms with Crippen LogP contribution in [0.5, 0.6) is 0 Å². The first-order chi connectivity index (χ1) is 24.5. The zero-order chi connectivity index (χ0) is 35.6. The molecule has 0 spiro atoms. The Morgan fingerprint density at radius 1 is 0.882 bits per heavy atom. The highest BCUT2D eigenvalue weighted by atomic mass is 32.2. The summed E-state index contributed by atoms with van der Waals surface area (Å²) in [5.41, 5.74) is 9.54. The van der Waals surface area contributed by atoms with Crippen molar-refractivity contribution in [2.24, 2.45) is 0 Å². The van der Waals surface area contributed by atoms with Crippen molar-refractivity contribution in [2.75, 3.05) is 49.2 Å². The van der Waals surface area contributed by atoms with Gasteiger partial charge in [-0.25, -0.2) is 22.4 Å². The number of hydrogen-bond donors (Lipinski definition) is 0. The molecule has 0 radical (unpaired) electrons. The molecule has 3 aliphatic heterocycles. The Bertz CT molecular complexity index is 2220. The average molecular weight is 705 g/mol. The Morgan fingerprint density at radius 2 is 1.67 bits per heavy atom. The highest BCUT2D eigenvalue weighted by molar-refractivity contribution is 7.90. The maximum atomic E-state index is 13.9. The van der Waals surface area contributed by atoms with E-state index in [-0.39, 0.29) is 4.90 Å². The first-order valence-electron chi connectivity index (χ1n) is 18.3. The summed E-state index contributed by atoms with van der Waals surface area (Å²) in [7, 11) is -3.81. The second-order valence-electron chi connectivity index (χ2n) is 15.0. The Kier molecular flexibility index (Phi) is 8.67. The number of fused-ring (bicyclic) bond motifs is 2. The average Bonchev–Trinajstić information content (AvgIpc) is 3.45. The minimum absolute atomic E-state index is 0.267. The lowest BCUT2D eigenvalue weighted by Crippen LogP contribution is -2.61. The second kappa shape index (κ2) is 13.1. The van der Waals surface area contributed by atoms with Gasteiger partial charge in [0.15, 0.2) is 5.82 Å². The van der Waals surface area contributed by atoms with E-state index in [2.05, 4.69) is 60.6 Å². The normalized spacial score (nSPS) is 18.8. The van der Waals surface area contributed by atoms with Gasteiger partial charge in [-0.05, 0) is 74.6 Å². The van der Waals surface area contributed by atoms with Crippen molar-refractivity contribution in [1.82, 2.24) is 18.8 Å². The molecule has 2 saturated heterocycles. The van der Waals surface area contributed by atoms with Crippen LogP contribution in [0.15, 0.2) is 71.8 Å². The van der Waals surface area contributed by atoms with Crippen LogP contribution in [0.4, 0.5) is 11.5 Å². The highest BCUT2D eigenvalue weighted by Crippen LogP contribution is 2.38. The Morgan fingerprint density at radius 3 is 2.37 bits per heavy atom. The van der Waals surface area contributed by atoms with Crippen molar-refractivity contribution in [3.8, 4) is 11.4 Å². The summed E-state index contributed by atoms with van der Waals surface area (Å²) in [6.45, 7) is 18.9. The van der Waals surface area contributed by atoms with Gasteiger partial charge in [0.2, 0.25) is 0 Å². The van der Waals surface area contributed by atoms with Crippen molar-refractivity contribution in [3.05, 3.63) is 100 Å². The van der Waals surface area contributed by atoms with Crippen molar-refractivity contribution in [3.63, 3.8) is 0 Å². The van der Waals surface area contributed by atoms with Crippen molar-refractivity contribution in [2.45, 2.75) is 77.4 Å². The molecule has 2 aromatic heterocycles. The van der Waals surface area contributed by atoms with Crippen LogP contribution in [0, 0.1) is 20.8 Å². The van der Waals surface area contributed by atoms with Crippen LogP contribution < -0.4 is 9.80 Å². The maximum absolute atomic E-state index is 13.9. The first-order valence-corrected chi connectivity index (χ1v) is 19.7. The van der Waals surface area contributed by atoms with E-state index < -0.39 is 10.0 Å². The van der Waals surface area contributed by atoms with Crippen LogP contribution in [0.3, 0.4) is 0 Å². The number of aromatic nitrogens is 3. The molecule has 8 rings (SSSR count). The van der Waals surface area contributed by atoms with Crippen LogP contribution >= 0.6 is 0 Å². The lowest BCUT2D eigenvalue weighted by atomic mass is 9.98. The molecule has 5 aromatic rings. The van der Waals surface area contributed by atoms with Gasteiger partial charge >= 0.3 is 0 Å². The van der Waals surface area contributed by atoms with Gasteiger partial charge in [0.05, 0.1) is 35.4 Å². The molecule has 2 fully saturated rings. The summed E-state index contributed by atoms with van der Waals surface area (Å²) in [6, 6.07) is 20.6. The van der Waals surface area contributed by atoms with Crippen molar-refractivity contribution in [1.29, 1.82) is 0 Å². The first kappa shape index (κ1) is 33.9. The van der Waals surface area contributed by atoms with E-state index in [0.29, 0.717) is 29.3 Å². The fourth-order valence-electron chi connectivity index (χ4n) is 8.09. The number of ether oxygens (including phenoxy) is 1. The van der Waals surface area contributed by atoms with E-state index in [1.807, 2.05) is 44.2 Å².